The Morgan fingerprint density at radius 2 is 1.45 bits per heavy atom. The van der Waals surface area contributed by atoms with Crippen LogP contribution < -0.4 is 0 Å². The molecular weight excluding hydrogens is 132 g/mol. The van der Waals surface area contributed by atoms with E-state index in [0.717, 1.165) is 17.8 Å². The van der Waals surface area contributed by atoms with Crippen molar-refractivity contribution in [2.45, 2.75) is 26.2 Å². The van der Waals surface area contributed by atoms with Gasteiger partial charge in [0, 0.05) is 0 Å². The van der Waals surface area contributed by atoms with Gasteiger partial charge in [-0.3, -0.25) is 0 Å². The first-order valence-corrected chi connectivity index (χ1v) is 4.51. The average molecular weight is 150 g/mol. The highest BCUT2D eigenvalue weighted by Crippen LogP contribution is 2.33. The molecule has 1 fully saturated rings. The highest BCUT2D eigenvalue weighted by Gasteiger charge is 2.22. The van der Waals surface area contributed by atoms with Gasteiger partial charge in [0.1, 0.15) is 0 Å². The zero-order valence-electron chi connectivity index (χ0n) is 7.42. The standard InChI is InChI=1S/C11H18/c1-4-10-6-9(3)7-11(5-2)8-10/h4-5,9-11H,1-2,6-8H2,3H3. The largest absolute Gasteiger partial charge is 0.103 e. The Balaban J connectivity index is 2.49. The highest BCUT2D eigenvalue weighted by atomic mass is 14.3. The third-order valence-corrected chi connectivity index (χ3v) is 2.68. The van der Waals surface area contributed by atoms with Gasteiger partial charge in [0.05, 0.1) is 0 Å². The quantitative estimate of drug-likeness (QED) is 0.529. The van der Waals surface area contributed by atoms with Crippen molar-refractivity contribution in [2.24, 2.45) is 17.8 Å². The topological polar surface area (TPSA) is 0 Å². The third kappa shape index (κ3) is 2.21. The zero-order chi connectivity index (χ0) is 8.27. The summed E-state index contributed by atoms with van der Waals surface area (Å²) in [5.74, 6) is 2.33. The first-order valence-electron chi connectivity index (χ1n) is 4.51. The minimum absolute atomic E-state index is 0.738. The van der Waals surface area contributed by atoms with E-state index < -0.39 is 0 Å². The van der Waals surface area contributed by atoms with Crippen LogP contribution in [-0.2, 0) is 0 Å². The molecule has 0 radical (unpaired) electrons. The van der Waals surface area contributed by atoms with Crippen molar-refractivity contribution in [2.75, 3.05) is 0 Å². The van der Waals surface area contributed by atoms with E-state index >= 15 is 0 Å². The zero-order valence-corrected chi connectivity index (χ0v) is 7.42. The van der Waals surface area contributed by atoms with Crippen LogP contribution in [0, 0.1) is 17.8 Å². The molecule has 2 atom stereocenters. The van der Waals surface area contributed by atoms with Crippen molar-refractivity contribution in [3.05, 3.63) is 25.3 Å². The molecular formula is C11H18. The van der Waals surface area contributed by atoms with Gasteiger partial charge in [0.15, 0.2) is 0 Å². The van der Waals surface area contributed by atoms with E-state index in [2.05, 4.69) is 32.2 Å². The minimum Gasteiger partial charge on any atom is -0.103 e. The Kier molecular flexibility index (Phi) is 2.92. The summed E-state index contributed by atoms with van der Waals surface area (Å²) in [6, 6.07) is 0. The maximum Gasteiger partial charge on any atom is -0.0228 e. The van der Waals surface area contributed by atoms with Gasteiger partial charge in [-0.2, -0.15) is 0 Å². The number of allylic oxidation sites excluding steroid dienone is 2. The van der Waals surface area contributed by atoms with Gasteiger partial charge in [0.2, 0.25) is 0 Å². The summed E-state index contributed by atoms with van der Waals surface area (Å²) < 4.78 is 0. The predicted molar refractivity (Wildman–Crippen MR) is 50.4 cm³/mol. The molecule has 0 bridgehead atoms. The molecule has 1 saturated carbocycles. The smallest absolute Gasteiger partial charge is 0.0228 e. The normalized spacial score (nSPS) is 38.1. The fourth-order valence-electron chi connectivity index (χ4n) is 2.10. The van der Waals surface area contributed by atoms with E-state index in [1.165, 1.54) is 19.3 Å². The van der Waals surface area contributed by atoms with Gasteiger partial charge in [-0.15, -0.1) is 13.2 Å². The molecule has 0 nitrogen and oxygen atoms in total. The van der Waals surface area contributed by atoms with E-state index in [4.69, 9.17) is 0 Å². The summed E-state index contributed by atoms with van der Waals surface area (Å²) in [7, 11) is 0. The van der Waals surface area contributed by atoms with Crippen LogP contribution in [0.2, 0.25) is 0 Å². The van der Waals surface area contributed by atoms with Gasteiger partial charge in [-0.1, -0.05) is 19.1 Å². The second kappa shape index (κ2) is 3.75. The first kappa shape index (κ1) is 8.58. The third-order valence-electron chi connectivity index (χ3n) is 2.68. The van der Waals surface area contributed by atoms with Crippen LogP contribution in [0.5, 0.6) is 0 Å². The molecule has 0 aliphatic heterocycles. The maximum absolute atomic E-state index is 3.85. The van der Waals surface area contributed by atoms with Gasteiger partial charge >= 0.3 is 0 Å². The molecule has 0 amide bonds. The van der Waals surface area contributed by atoms with Crippen molar-refractivity contribution < 1.29 is 0 Å². The van der Waals surface area contributed by atoms with E-state index in [-0.39, 0.29) is 0 Å². The highest BCUT2D eigenvalue weighted by molar-refractivity contribution is 4.92. The molecule has 0 spiro atoms. The van der Waals surface area contributed by atoms with Crippen molar-refractivity contribution in [3.8, 4) is 0 Å². The average Bonchev–Trinajstić information content (AvgIpc) is 2.03. The fourth-order valence-corrected chi connectivity index (χ4v) is 2.10. The lowest BCUT2D eigenvalue weighted by molar-refractivity contribution is 0.273. The summed E-state index contributed by atoms with van der Waals surface area (Å²) >= 11 is 0. The fraction of sp³-hybridized carbons (Fsp3) is 0.636. The van der Waals surface area contributed by atoms with E-state index in [1.54, 1.807) is 0 Å². The molecule has 62 valence electrons. The van der Waals surface area contributed by atoms with Gasteiger partial charge < -0.3 is 0 Å². The summed E-state index contributed by atoms with van der Waals surface area (Å²) in [5, 5.41) is 0. The molecule has 1 aliphatic carbocycles. The Morgan fingerprint density at radius 3 is 1.82 bits per heavy atom. The Bertz CT molecular complexity index is 130. The molecule has 1 aliphatic rings. The Labute approximate surface area is 70.0 Å². The van der Waals surface area contributed by atoms with Gasteiger partial charge in [-0.05, 0) is 37.0 Å². The molecule has 2 unspecified atom stereocenters. The van der Waals surface area contributed by atoms with Crippen molar-refractivity contribution in [1.29, 1.82) is 0 Å². The van der Waals surface area contributed by atoms with Crippen LogP contribution >= 0.6 is 0 Å². The summed E-state index contributed by atoms with van der Waals surface area (Å²) in [5.41, 5.74) is 0. The summed E-state index contributed by atoms with van der Waals surface area (Å²) in [6.07, 6.45) is 8.14. The lowest BCUT2D eigenvalue weighted by Gasteiger charge is -2.29. The lowest BCUT2D eigenvalue weighted by Crippen LogP contribution is -2.18. The van der Waals surface area contributed by atoms with Gasteiger partial charge in [-0.25, -0.2) is 0 Å². The van der Waals surface area contributed by atoms with Crippen LogP contribution in [-0.4, -0.2) is 0 Å². The SMILES string of the molecule is C=CC1CC(C)CC(C=C)C1. The second-order valence-electron chi connectivity index (χ2n) is 3.80. The van der Waals surface area contributed by atoms with Crippen LogP contribution in [0.15, 0.2) is 25.3 Å². The Morgan fingerprint density at radius 1 is 1.00 bits per heavy atom. The van der Waals surface area contributed by atoms with Gasteiger partial charge in [0.25, 0.3) is 0 Å². The number of hydrogen-bond acceptors (Lipinski definition) is 0. The molecule has 0 aromatic rings. The Hall–Kier alpha value is -0.520. The van der Waals surface area contributed by atoms with Crippen LogP contribution in [0.4, 0.5) is 0 Å². The number of rotatable bonds is 2. The molecule has 0 aromatic carbocycles. The summed E-state index contributed by atoms with van der Waals surface area (Å²) in [6.45, 7) is 10.0. The van der Waals surface area contributed by atoms with E-state index in [1.807, 2.05) is 0 Å². The first-order chi connectivity index (χ1) is 5.26. The molecule has 0 aromatic heterocycles. The van der Waals surface area contributed by atoms with Crippen molar-refractivity contribution in [3.63, 3.8) is 0 Å². The molecule has 0 saturated heterocycles. The lowest BCUT2D eigenvalue weighted by atomic mass is 9.76. The number of hydrogen-bond donors (Lipinski definition) is 0. The summed E-state index contributed by atoms with van der Waals surface area (Å²) in [4.78, 5) is 0. The molecule has 11 heavy (non-hydrogen) atoms. The van der Waals surface area contributed by atoms with Crippen LogP contribution in [0.25, 0.3) is 0 Å². The molecule has 1 rings (SSSR count). The van der Waals surface area contributed by atoms with Crippen LogP contribution in [0.1, 0.15) is 26.2 Å². The van der Waals surface area contributed by atoms with E-state index in [0.29, 0.717) is 0 Å². The van der Waals surface area contributed by atoms with Crippen LogP contribution in [0.3, 0.4) is 0 Å². The van der Waals surface area contributed by atoms with Crippen molar-refractivity contribution >= 4 is 0 Å². The van der Waals surface area contributed by atoms with Crippen molar-refractivity contribution in [1.82, 2.24) is 0 Å². The second-order valence-corrected chi connectivity index (χ2v) is 3.80. The van der Waals surface area contributed by atoms with E-state index in [9.17, 15) is 0 Å². The monoisotopic (exact) mass is 150 g/mol. The molecule has 0 heteroatoms. The predicted octanol–water partition coefficient (Wildman–Crippen LogP) is 3.41. The maximum atomic E-state index is 3.85. The minimum atomic E-state index is 0.738. The molecule has 0 N–H and O–H groups in total. The molecule has 0 heterocycles.